The topological polar surface area (TPSA) is 63.7 Å². The molecular weight excluding hydrogens is 246 g/mol. The number of likely N-dealkylation sites (N-methyl/N-ethyl adjacent to an activating group) is 1. The summed E-state index contributed by atoms with van der Waals surface area (Å²) in [4.78, 5) is 35.2. The van der Waals surface area contributed by atoms with Crippen LogP contribution >= 0.6 is 0 Å². The second-order valence-electron chi connectivity index (χ2n) is 4.19. The Kier molecular flexibility index (Phi) is 5.73. The van der Waals surface area contributed by atoms with Crippen molar-refractivity contribution >= 4 is 17.7 Å². The number of carbonyl (C=O) groups is 3. The maximum Gasteiger partial charge on any atom is 0.313 e. The van der Waals surface area contributed by atoms with Gasteiger partial charge in [-0.3, -0.25) is 14.4 Å². The molecule has 0 aliphatic carbocycles. The highest BCUT2D eigenvalue weighted by Crippen LogP contribution is 2.02. The normalized spacial score (nSPS) is 9.79. The minimum absolute atomic E-state index is 0.0845. The summed E-state index contributed by atoms with van der Waals surface area (Å²) in [6.45, 7) is 1.70. The van der Waals surface area contributed by atoms with Gasteiger partial charge in [0, 0.05) is 12.6 Å². The molecule has 0 aliphatic heterocycles. The molecule has 0 radical (unpaired) electrons. The van der Waals surface area contributed by atoms with Gasteiger partial charge in [-0.2, -0.15) is 0 Å². The van der Waals surface area contributed by atoms with Crippen LogP contribution < -0.4 is 0 Å². The standard InChI is InChI=1S/C14H17NO4/c1-11(16)10-13(17)19-9-8-15(2)14(18)12-6-4-3-5-7-12/h3-7H,8-10H2,1-2H3. The highest BCUT2D eigenvalue weighted by atomic mass is 16.5. The summed E-state index contributed by atoms with van der Waals surface area (Å²) in [5.74, 6) is -0.935. The van der Waals surface area contributed by atoms with Gasteiger partial charge < -0.3 is 9.64 Å². The van der Waals surface area contributed by atoms with E-state index in [4.69, 9.17) is 4.74 Å². The van der Waals surface area contributed by atoms with E-state index in [1.807, 2.05) is 6.07 Å². The SMILES string of the molecule is CC(=O)CC(=O)OCCN(C)C(=O)c1ccccc1. The Bertz CT molecular complexity index is 456. The summed E-state index contributed by atoms with van der Waals surface area (Å²) >= 11 is 0. The van der Waals surface area contributed by atoms with Crippen LogP contribution in [-0.2, 0) is 14.3 Å². The van der Waals surface area contributed by atoms with E-state index < -0.39 is 5.97 Å². The minimum Gasteiger partial charge on any atom is -0.463 e. The van der Waals surface area contributed by atoms with Crippen LogP contribution in [0.4, 0.5) is 0 Å². The molecule has 0 saturated heterocycles. The number of esters is 1. The molecule has 0 spiro atoms. The number of amides is 1. The number of nitrogens with zero attached hydrogens (tertiary/aromatic N) is 1. The Labute approximate surface area is 112 Å². The van der Waals surface area contributed by atoms with Gasteiger partial charge in [-0.1, -0.05) is 18.2 Å². The first-order valence-corrected chi connectivity index (χ1v) is 5.96. The lowest BCUT2D eigenvalue weighted by atomic mass is 10.2. The first-order chi connectivity index (χ1) is 9.00. The third kappa shape index (κ3) is 5.33. The second kappa shape index (κ2) is 7.31. The Morgan fingerprint density at radius 2 is 1.79 bits per heavy atom. The molecule has 1 aromatic carbocycles. The number of carbonyl (C=O) groups excluding carboxylic acids is 3. The van der Waals surface area contributed by atoms with Crippen molar-refractivity contribution in [1.82, 2.24) is 4.90 Å². The number of benzene rings is 1. The van der Waals surface area contributed by atoms with Crippen molar-refractivity contribution < 1.29 is 19.1 Å². The predicted octanol–water partition coefficient (Wildman–Crippen LogP) is 1.28. The summed E-state index contributed by atoms with van der Waals surface area (Å²) in [5, 5.41) is 0. The van der Waals surface area contributed by atoms with Crippen LogP contribution in [0.1, 0.15) is 23.7 Å². The molecule has 19 heavy (non-hydrogen) atoms. The quantitative estimate of drug-likeness (QED) is 0.573. The molecule has 1 rings (SSSR count). The lowest BCUT2D eigenvalue weighted by Crippen LogP contribution is -2.30. The fraction of sp³-hybridized carbons (Fsp3) is 0.357. The van der Waals surface area contributed by atoms with Gasteiger partial charge in [0.2, 0.25) is 0 Å². The molecule has 0 saturated carbocycles. The molecular formula is C14H17NO4. The molecule has 1 aromatic rings. The number of hydrogen-bond acceptors (Lipinski definition) is 4. The Hall–Kier alpha value is -2.17. The molecule has 5 nitrogen and oxygen atoms in total. The van der Waals surface area contributed by atoms with Gasteiger partial charge >= 0.3 is 5.97 Å². The molecule has 5 heteroatoms. The largest absolute Gasteiger partial charge is 0.463 e. The Morgan fingerprint density at radius 3 is 2.37 bits per heavy atom. The van der Waals surface area contributed by atoms with Crippen LogP contribution in [0.15, 0.2) is 30.3 Å². The predicted molar refractivity (Wildman–Crippen MR) is 69.7 cm³/mol. The van der Waals surface area contributed by atoms with Gasteiger partial charge in [0.25, 0.3) is 5.91 Å². The Morgan fingerprint density at radius 1 is 1.16 bits per heavy atom. The van der Waals surface area contributed by atoms with Crippen molar-refractivity contribution in [1.29, 1.82) is 0 Å². The van der Waals surface area contributed by atoms with Gasteiger partial charge in [0.05, 0.1) is 6.54 Å². The average molecular weight is 263 g/mol. The highest BCUT2D eigenvalue weighted by molar-refractivity contribution is 5.94. The molecule has 0 heterocycles. The van der Waals surface area contributed by atoms with Crippen LogP contribution in [0.25, 0.3) is 0 Å². The number of hydrogen-bond donors (Lipinski definition) is 0. The smallest absolute Gasteiger partial charge is 0.313 e. The summed E-state index contributed by atoms with van der Waals surface area (Å²) in [5.41, 5.74) is 0.583. The fourth-order valence-corrected chi connectivity index (χ4v) is 1.45. The van der Waals surface area contributed by atoms with E-state index >= 15 is 0 Å². The van der Waals surface area contributed by atoms with E-state index in [1.54, 1.807) is 31.3 Å². The summed E-state index contributed by atoms with van der Waals surface area (Å²) in [7, 11) is 1.63. The van der Waals surface area contributed by atoms with Gasteiger partial charge in [-0.05, 0) is 19.1 Å². The molecule has 0 bridgehead atoms. The van der Waals surface area contributed by atoms with E-state index in [9.17, 15) is 14.4 Å². The van der Waals surface area contributed by atoms with Crippen LogP contribution in [-0.4, -0.2) is 42.8 Å². The average Bonchev–Trinajstić information content (AvgIpc) is 2.37. The van der Waals surface area contributed by atoms with Gasteiger partial charge in [-0.25, -0.2) is 0 Å². The first kappa shape index (κ1) is 14.9. The molecule has 0 N–H and O–H groups in total. The van der Waals surface area contributed by atoms with E-state index in [0.29, 0.717) is 5.56 Å². The number of rotatable bonds is 6. The van der Waals surface area contributed by atoms with Crippen LogP contribution in [0, 0.1) is 0 Å². The Balaban J connectivity index is 2.36. The zero-order chi connectivity index (χ0) is 14.3. The molecule has 0 atom stereocenters. The zero-order valence-electron chi connectivity index (χ0n) is 11.1. The van der Waals surface area contributed by atoms with E-state index in [0.717, 1.165) is 0 Å². The summed E-state index contributed by atoms with van der Waals surface area (Å²) < 4.78 is 4.86. The fourth-order valence-electron chi connectivity index (χ4n) is 1.45. The van der Waals surface area contributed by atoms with Crippen molar-refractivity contribution in [2.75, 3.05) is 20.2 Å². The number of ether oxygens (including phenoxy) is 1. The van der Waals surface area contributed by atoms with Gasteiger partial charge in [0.1, 0.15) is 18.8 Å². The van der Waals surface area contributed by atoms with Crippen LogP contribution in [0.3, 0.4) is 0 Å². The van der Waals surface area contributed by atoms with Crippen molar-refractivity contribution in [2.24, 2.45) is 0 Å². The molecule has 102 valence electrons. The van der Waals surface area contributed by atoms with E-state index in [-0.39, 0.29) is 31.3 Å². The number of Topliss-reactive ketones (excluding diaryl/α,β-unsaturated/α-hetero) is 1. The first-order valence-electron chi connectivity index (χ1n) is 5.96. The molecule has 0 fully saturated rings. The number of ketones is 1. The van der Waals surface area contributed by atoms with Crippen molar-refractivity contribution in [2.45, 2.75) is 13.3 Å². The van der Waals surface area contributed by atoms with Crippen LogP contribution in [0.2, 0.25) is 0 Å². The van der Waals surface area contributed by atoms with Crippen molar-refractivity contribution in [3.8, 4) is 0 Å². The summed E-state index contributed by atoms with van der Waals surface area (Å²) in [6, 6.07) is 8.85. The maximum atomic E-state index is 11.9. The lowest BCUT2D eigenvalue weighted by molar-refractivity contribution is -0.145. The zero-order valence-corrected chi connectivity index (χ0v) is 11.1. The molecule has 1 amide bonds. The monoisotopic (exact) mass is 263 g/mol. The van der Waals surface area contributed by atoms with Crippen LogP contribution in [0.5, 0.6) is 0 Å². The maximum absolute atomic E-state index is 11.9. The van der Waals surface area contributed by atoms with Gasteiger partial charge in [0.15, 0.2) is 0 Å². The van der Waals surface area contributed by atoms with Gasteiger partial charge in [-0.15, -0.1) is 0 Å². The van der Waals surface area contributed by atoms with E-state index in [2.05, 4.69) is 0 Å². The summed E-state index contributed by atoms with van der Waals surface area (Å²) in [6.07, 6.45) is -0.226. The molecule has 0 aliphatic rings. The lowest BCUT2D eigenvalue weighted by Gasteiger charge is -2.17. The third-order valence-corrected chi connectivity index (χ3v) is 2.45. The third-order valence-electron chi connectivity index (χ3n) is 2.45. The minimum atomic E-state index is -0.562. The molecule has 0 unspecified atom stereocenters. The van der Waals surface area contributed by atoms with E-state index in [1.165, 1.54) is 11.8 Å². The van der Waals surface area contributed by atoms with Crippen molar-refractivity contribution in [3.05, 3.63) is 35.9 Å². The second-order valence-corrected chi connectivity index (χ2v) is 4.19. The van der Waals surface area contributed by atoms with Crippen molar-refractivity contribution in [3.63, 3.8) is 0 Å². The highest BCUT2D eigenvalue weighted by Gasteiger charge is 2.12. The molecule has 0 aromatic heterocycles.